The van der Waals surface area contributed by atoms with Crippen molar-refractivity contribution in [1.29, 1.82) is 0 Å². The Bertz CT molecular complexity index is 569. The number of hydrogen-bond acceptors (Lipinski definition) is 3. The molecule has 3 nitrogen and oxygen atoms in total. The molecule has 102 valence electrons. The van der Waals surface area contributed by atoms with Crippen LogP contribution in [0.15, 0.2) is 28.7 Å². The molecule has 1 heterocycles. The molecule has 0 radical (unpaired) electrons. The van der Waals surface area contributed by atoms with Crippen molar-refractivity contribution in [3.8, 4) is 5.75 Å². The van der Waals surface area contributed by atoms with E-state index in [1.165, 1.54) is 12.1 Å². The van der Waals surface area contributed by atoms with Crippen molar-refractivity contribution in [3.05, 3.63) is 52.2 Å². The lowest BCUT2D eigenvalue weighted by Gasteiger charge is -2.04. The average molecular weight is 284 g/mol. The van der Waals surface area contributed by atoms with Crippen molar-refractivity contribution < 1.29 is 13.5 Å². The van der Waals surface area contributed by atoms with Crippen LogP contribution in [-0.4, -0.2) is 7.05 Å². The van der Waals surface area contributed by atoms with Gasteiger partial charge in [0.1, 0.15) is 29.7 Å². The van der Waals surface area contributed by atoms with Gasteiger partial charge in [0, 0.05) is 6.07 Å². The predicted octanol–water partition coefficient (Wildman–Crippen LogP) is 3.68. The van der Waals surface area contributed by atoms with Crippen LogP contribution in [0.5, 0.6) is 5.75 Å². The van der Waals surface area contributed by atoms with E-state index in [0.717, 1.165) is 11.3 Å². The lowest BCUT2D eigenvalue weighted by molar-refractivity contribution is 0.264. The van der Waals surface area contributed by atoms with Gasteiger partial charge in [-0.3, -0.25) is 0 Å². The van der Waals surface area contributed by atoms with Gasteiger partial charge in [0.2, 0.25) is 0 Å². The molecule has 5 heteroatoms. The standard InChI is InChI=1S/C14H15ClFNO2/c1-9-5-11(19-14(9)7-17-2)8-18-10-3-4-12(15)13(16)6-10/h3-6,17H,7-8H2,1-2H3. The summed E-state index contributed by atoms with van der Waals surface area (Å²) >= 11 is 5.60. The first-order valence-electron chi connectivity index (χ1n) is 5.91. The van der Waals surface area contributed by atoms with E-state index in [9.17, 15) is 4.39 Å². The first-order valence-corrected chi connectivity index (χ1v) is 6.28. The van der Waals surface area contributed by atoms with Crippen LogP contribution in [0.4, 0.5) is 4.39 Å². The molecule has 0 saturated heterocycles. The topological polar surface area (TPSA) is 34.4 Å². The van der Waals surface area contributed by atoms with Crippen molar-refractivity contribution in [3.63, 3.8) is 0 Å². The maximum absolute atomic E-state index is 13.2. The van der Waals surface area contributed by atoms with Crippen LogP contribution >= 0.6 is 11.6 Å². The summed E-state index contributed by atoms with van der Waals surface area (Å²) in [6, 6.07) is 6.26. The number of aryl methyl sites for hydroxylation is 1. The summed E-state index contributed by atoms with van der Waals surface area (Å²) in [5.41, 5.74) is 1.07. The Kier molecular flexibility index (Phi) is 4.45. The Balaban J connectivity index is 2.01. The summed E-state index contributed by atoms with van der Waals surface area (Å²) < 4.78 is 24.3. The average Bonchev–Trinajstić information content (AvgIpc) is 2.72. The molecule has 1 aromatic carbocycles. The summed E-state index contributed by atoms with van der Waals surface area (Å²) in [6.07, 6.45) is 0. The van der Waals surface area contributed by atoms with E-state index >= 15 is 0 Å². The van der Waals surface area contributed by atoms with Gasteiger partial charge in [0.15, 0.2) is 0 Å². The highest BCUT2D eigenvalue weighted by atomic mass is 35.5. The van der Waals surface area contributed by atoms with Crippen molar-refractivity contribution in [2.24, 2.45) is 0 Å². The minimum atomic E-state index is -0.495. The third kappa shape index (κ3) is 3.49. The van der Waals surface area contributed by atoms with Gasteiger partial charge in [-0.1, -0.05) is 11.6 Å². The van der Waals surface area contributed by atoms with E-state index in [-0.39, 0.29) is 11.6 Å². The second-order valence-corrected chi connectivity index (χ2v) is 4.62. The molecule has 0 saturated carbocycles. The van der Waals surface area contributed by atoms with Crippen LogP contribution in [0, 0.1) is 12.7 Å². The zero-order valence-electron chi connectivity index (χ0n) is 10.8. The van der Waals surface area contributed by atoms with E-state index in [2.05, 4.69) is 5.32 Å². The van der Waals surface area contributed by atoms with Gasteiger partial charge in [-0.25, -0.2) is 4.39 Å². The lowest BCUT2D eigenvalue weighted by atomic mass is 10.2. The summed E-state index contributed by atoms with van der Waals surface area (Å²) in [5.74, 6) is 1.51. The Morgan fingerprint density at radius 1 is 1.37 bits per heavy atom. The number of furan rings is 1. The Morgan fingerprint density at radius 3 is 2.84 bits per heavy atom. The zero-order chi connectivity index (χ0) is 13.8. The summed E-state index contributed by atoms with van der Waals surface area (Å²) in [6.45, 7) is 2.90. The molecule has 2 rings (SSSR count). The minimum Gasteiger partial charge on any atom is -0.486 e. The van der Waals surface area contributed by atoms with Gasteiger partial charge in [-0.05, 0) is 37.7 Å². The normalized spacial score (nSPS) is 10.7. The number of ether oxygens (including phenoxy) is 1. The van der Waals surface area contributed by atoms with Crippen LogP contribution in [0.3, 0.4) is 0 Å². The molecule has 19 heavy (non-hydrogen) atoms. The highest BCUT2D eigenvalue weighted by Gasteiger charge is 2.08. The molecule has 2 aromatic rings. The SMILES string of the molecule is CNCc1oc(COc2ccc(Cl)c(F)c2)cc1C. The van der Waals surface area contributed by atoms with E-state index in [4.69, 9.17) is 20.8 Å². The van der Waals surface area contributed by atoms with E-state index < -0.39 is 5.82 Å². The van der Waals surface area contributed by atoms with Crippen LogP contribution in [0.2, 0.25) is 5.02 Å². The van der Waals surface area contributed by atoms with Crippen molar-refractivity contribution in [2.75, 3.05) is 7.05 Å². The molecular formula is C14H15ClFNO2. The molecule has 0 amide bonds. The fourth-order valence-corrected chi connectivity index (χ4v) is 1.84. The minimum absolute atomic E-state index is 0.0810. The van der Waals surface area contributed by atoms with Gasteiger partial charge < -0.3 is 14.5 Å². The number of nitrogens with one attached hydrogen (secondary N) is 1. The van der Waals surface area contributed by atoms with Gasteiger partial charge in [-0.2, -0.15) is 0 Å². The fourth-order valence-electron chi connectivity index (χ4n) is 1.72. The molecule has 0 bridgehead atoms. The highest BCUT2D eigenvalue weighted by molar-refractivity contribution is 6.30. The van der Waals surface area contributed by atoms with Crippen LogP contribution in [0.1, 0.15) is 17.1 Å². The number of benzene rings is 1. The van der Waals surface area contributed by atoms with Crippen molar-refractivity contribution in [2.45, 2.75) is 20.1 Å². The maximum atomic E-state index is 13.2. The summed E-state index contributed by atoms with van der Waals surface area (Å²) in [7, 11) is 1.86. The molecular weight excluding hydrogens is 269 g/mol. The third-order valence-corrected chi connectivity index (χ3v) is 2.99. The zero-order valence-corrected chi connectivity index (χ0v) is 11.6. The first kappa shape index (κ1) is 13.9. The number of rotatable bonds is 5. The molecule has 1 N–H and O–H groups in total. The van der Waals surface area contributed by atoms with Crippen LogP contribution in [-0.2, 0) is 13.2 Å². The monoisotopic (exact) mass is 283 g/mol. The Labute approximate surface area is 116 Å². The molecule has 0 atom stereocenters. The fraction of sp³-hybridized carbons (Fsp3) is 0.286. The van der Waals surface area contributed by atoms with Gasteiger partial charge >= 0.3 is 0 Å². The van der Waals surface area contributed by atoms with Crippen LogP contribution in [0.25, 0.3) is 0 Å². The molecule has 0 fully saturated rings. The highest BCUT2D eigenvalue weighted by Crippen LogP contribution is 2.22. The molecule has 0 aliphatic heterocycles. The van der Waals surface area contributed by atoms with E-state index in [0.29, 0.717) is 18.1 Å². The Hall–Kier alpha value is -1.52. The summed E-state index contributed by atoms with van der Waals surface area (Å²) in [4.78, 5) is 0. The molecule has 0 spiro atoms. The number of halogens is 2. The van der Waals surface area contributed by atoms with Crippen molar-refractivity contribution in [1.82, 2.24) is 5.32 Å². The predicted molar refractivity (Wildman–Crippen MR) is 72.0 cm³/mol. The molecule has 1 aromatic heterocycles. The molecule has 0 aliphatic carbocycles. The molecule has 0 unspecified atom stereocenters. The van der Waals surface area contributed by atoms with Gasteiger partial charge in [0.25, 0.3) is 0 Å². The van der Waals surface area contributed by atoms with Gasteiger partial charge in [-0.15, -0.1) is 0 Å². The summed E-state index contributed by atoms with van der Waals surface area (Å²) in [5, 5.41) is 3.11. The maximum Gasteiger partial charge on any atom is 0.146 e. The first-order chi connectivity index (χ1) is 9.10. The van der Waals surface area contributed by atoms with E-state index in [1.807, 2.05) is 20.0 Å². The quantitative estimate of drug-likeness (QED) is 0.909. The van der Waals surface area contributed by atoms with Crippen molar-refractivity contribution >= 4 is 11.6 Å². The third-order valence-electron chi connectivity index (χ3n) is 2.68. The number of hydrogen-bond donors (Lipinski definition) is 1. The Morgan fingerprint density at radius 2 is 2.16 bits per heavy atom. The van der Waals surface area contributed by atoms with Crippen LogP contribution < -0.4 is 10.1 Å². The second-order valence-electron chi connectivity index (χ2n) is 4.21. The largest absolute Gasteiger partial charge is 0.486 e. The van der Waals surface area contributed by atoms with E-state index in [1.54, 1.807) is 6.07 Å². The smallest absolute Gasteiger partial charge is 0.146 e. The second kappa shape index (κ2) is 6.08. The lowest BCUT2D eigenvalue weighted by Crippen LogP contribution is -2.04. The van der Waals surface area contributed by atoms with Gasteiger partial charge in [0.05, 0.1) is 11.6 Å². The molecule has 0 aliphatic rings.